The number of hydrogen-bond acceptors (Lipinski definition) is 6. The fourth-order valence-electron chi connectivity index (χ4n) is 3.57. The summed E-state index contributed by atoms with van der Waals surface area (Å²) in [5.41, 5.74) is 0. The van der Waals surface area contributed by atoms with Gasteiger partial charge in [-0.3, -0.25) is 4.90 Å². The normalized spacial score (nSPS) is 15.3. The molecule has 0 N–H and O–H groups in total. The molecule has 4 rings (SSSR count). The summed E-state index contributed by atoms with van der Waals surface area (Å²) in [6.45, 7) is 10.1. The number of ether oxygens (including phenoxy) is 1. The van der Waals surface area contributed by atoms with Gasteiger partial charge in [0.25, 0.3) is 0 Å². The molecule has 0 saturated carbocycles. The van der Waals surface area contributed by atoms with Gasteiger partial charge < -0.3 is 9.64 Å². The van der Waals surface area contributed by atoms with Crippen molar-refractivity contribution in [3.05, 3.63) is 47.1 Å². The van der Waals surface area contributed by atoms with Crippen LogP contribution < -0.4 is 9.64 Å². The number of fused-ring (bicyclic) bond motifs is 1. The van der Waals surface area contributed by atoms with E-state index in [0.29, 0.717) is 0 Å². The molecule has 0 atom stereocenters. The molecule has 5 nitrogen and oxygen atoms in total. The summed E-state index contributed by atoms with van der Waals surface area (Å²) in [6, 6.07) is 12.3. The maximum absolute atomic E-state index is 5.85. The first-order valence-corrected chi connectivity index (χ1v) is 11.0. The highest BCUT2D eigenvalue weighted by Crippen LogP contribution is 2.32. The Morgan fingerprint density at radius 1 is 1.00 bits per heavy atom. The Morgan fingerprint density at radius 3 is 2.50 bits per heavy atom. The molecule has 6 heteroatoms. The van der Waals surface area contributed by atoms with Gasteiger partial charge in [-0.15, -0.1) is 11.3 Å². The Labute approximate surface area is 171 Å². The summed E-state index contributed by atoms with van der Waals surface area (Å²) in [4.78, 5) is 17.1. The van der Waals surface area contributed by atoms with Crippen LogP contribution in [0.1, 0.15) is 24.5 Å². The zero-order valence-electron chi connectivity index (χ0n) is 16.7. The molecular formula is C22H28N4OS. The van der Waals surface area contributed by atoms with Crippen molar-refractivity contribution in [1.82, 2.24) is 14.9 Å². The molecule has 0 aliphatic carbocycles. The summed E-state index contributed by atoms with van der Waals surface area (Å²) in [5.74, 6) is 3.02. The van der Waals surface area contributed by atoms with Crippen LogP contribution in [0.5, 0.6) is 5.75 Å². The van der Waals surface area contributed by atoms with Crippen LogP contribution in [0.25, 0.3) is 10.2 Å². The number of aryl methyl sites for hydroxylation is 2. The van der Waals surface area contributed by atoms with E-state index in [0.717, 1.165) is 74.4 Å². The van der Waals surface area contributed by atoms with E-state index in [4.69, 9.17) is 14.7 Å². The molecule has 1 aromatic carbocycles. The zero-order valence-corrected chi connectivity index (χ0v) is 17.5. The number of benzene rings is 1. The molecule has 1 fully saturated rings. The van der Waals surface area contributed by atoms with E-state index in [9.17, 15) is 0 Å². The first-order valence-electron chi connectivity index (χ1n) is 10.2. The van der Waals surface area contributed by atoms with E-state index in [1.807, 2.05) is 41.7 Å². The molecule has 148 valence electrons. The van der Waals surface area contributed by atoms with Crippen LogP contribution in [-0.4, -0.2) is 54.2 Å². The van der Waals surface area contributed by atoms with Crippen molar-refractivity contribution >= 4 is 27.4 Å². The van der Waals surface area contributed by atoms with Gasteiger partial charge in [-0.25, -0.2) is 9.97 Å². The van der Waals surface area contributed by atoms with Gasteiger partial charge in [0.05, 0.1) is 5.39 Å². The largest absolute Gasteiger partial charge is 0.492 e. The third kappa shape index (κ3) is 4.28. The van der Waals surface area contributed by atoms with E-state index in [1.54, 1.807) is 0 Å². The van der Waals surface area contributed by atoms with Crippen molar-refractivity contribution in [2.24, 2.45) is 0 Å². The summed E-state index contributed by atoms with van der Waals surface area (Å²) in [5, 5.41) is 1.22. The van der Waals surface area contributed by atoms with Crippen molar-refractivity contribution in [1.29, 1.82) is 0 Å². The van der Waals surface area contributed by atoms with Gasteiger partial charge in [-0.05, 0) is 24.6 Å². The number of piperazine rings is 1. The number of nitrogens with zero attached hydrogens (tertiary/aromatic N) is 4. The van der Waals surface area contributed by atoms with Gasteiger partial charge >= 0.3 is 0 Å². The Hall–Kier alpha value is -2.18. The van der Waals surface area contributed by atoms with Crippen molar-refractivity contribution < 1.29 is 4.74 Å². The number of anilines is 1. The topological polar surface area (TPSA) is 41.5 Å². The fourth-order valence-corrected chi connectivity index (χ4v) is 4.55. The molecule has 1 aliphatic heterocycles. The predicted molar refractivity (Wildman–Crippen MR) is 117 cm³/mol. The van der Waals surface area contributed by atoms with Crippen LogP contribution in [-0.2, 0) is 12.8 Å². The highest BCUT2D eigenvalue weighted by molar-refractivity contribution is 7.18. The smallest absolute Gasteiger partial charge is 0.141 e. The molecule has 3 aromatic rings. The average Bonchev–Trinajstić information content (AvgIpc) is 3.17. The summed E-state index contributed by atoms with van der Waals surface area (Å²) >= 11 is 1.81. The quantitative estimate of drug-likeness (QED) is 0.603. The molecule has 3 heterocycles. The van der Waals surface area contributed by atoms with Gasteiger partial charge in [0.15, 0.2) is 0 Å². The first-order chi connectivity index (χ1) is 13.8. The molecular weight excluding hydrogens is 368 g/mol. The van der Waals surface area contributed by atoms with Crippen molar-refractivity contribution in [3.8, 4) is 5.75 Å². The molecule has 2 aromatic heterocycles. The minimum Gasteiger partial charge on any atom is -0.492 e. The lowest BCUT2D eigenvalue weighted by Gasteiger charge is -2.35. The Bertz CT molecular complexity index is 904. The molecule has 0 unspecified atom stereocenters. The average molecular weight is 397 g/mol. The lowest BCUT2D eigenvalue weighted by Crippen LogP contribution is -2.47. The Morgan fingerprint density at radius 2 is 1.79 bits per heavy atom. The maximum atomic E-state index is 5.85. The Balaban J connectivity index is 1.38. The number of rotatable bonds is 7. The van der Waals surface area contributed by atoms with E-state index in [1.165, 1.54) is 10.3 Å². The zero-order chi connectivity index (χ0) is 19.3. The van der Waals surface area contributed by atoms with Crippen LogP contribution in [0.3, 0.4) is 0 Å². The molecule has 1 aliphatic rings. The second-order valence-electron chi connectivity index (χ2n) is 7.09. The fraction of sp³-hybridized carbons (Fsp3) is 0.455. The van der Waals surface area contributed by atoms with Crippen molar-refractivity contribution in [2.75, 3.05) is 44.2 Å². The molecule has 28 heavy (non-hydrogen) atoms. The van der Waals surface area contributed by atoms with Crippen LogP contribution in [0.2, 0.25) is 0 Å². The number of hydrogen-bond donors (Lipinski definition) is 0. The van der Waals surface area contributed by atoms with Gasteiger partial charge in [-0.2, -0.15) is 0 Å². The molecule has 1 saturated heterocycles. The third-order valence-corrected chi connectivity index (χ3v) is 6.40. The van der Waals surface area contributed by atoms with Crippen LogP contribution >= 0.6 is 11.3 Å². The summed E-state index contributed by atoms with van der Waals surface area (Å²) < 4.78 is 5.85. The SMILES string of the molecule is CCc1nc(N2CCN(CCOc3ccccc3)CC2)c2cc(CC)sc2n1. The second kappa shape index (κ2) is 8.88. The van der Waals surface area contributed by atoms with Crippen molar-refractivity contribution in [3.63, 3.8) is 0 Å². The van der Waals surface area contributed by atoms with Crippen molar-refractivity contribution in [2.45, 2.75) is 26.7 Å². The second-order valence-corrected chi connectivity index (χ2v) is 8.21. The third-order valence-electron chi connectivity index (χ3n) is 5.23. The number of para-hydroxylation sites is 1. The minimum atomic E-state index is 0.728. The lowest BCUT2D eigenvalue weighted by atomic mass is 10.2. The van der Waals surface area contributed by atoms with Gasteiger partial charge in [0.2, 0.25) is 0 Å². The van der Waals surface area contributed by atoms with Crippen LogP contribution in [0, 0.1) is 0 Å². The van der Waals surface area contributed by atoms with Crippen LogP contribution in [0.15, 0.2) is 36.4 Å². The van der Waals surface area contributed by atoms with E-state index >= 15 is 0 Å². The van der Waals surface area contributed by atoms with E-state index in [-0.39, 0.29) is 0 Å². The van der Waals surface area contributed by atoms with Crippen LogP contribution in [0.4, 0.5) is 5.82 Å². The van der Waals surface area contributed by atoms with Gasteiger partial charge in [0.1, 0.15) is 28.8 Å². The molecule has 0 amide bonds. The molecule has 0 spiro atoms. The minimum absolute atomic E-state index is 0.728. The standard InChI is InChI=1S/C22H28N4OS/c1-3-18-16-19-21(23-20(4-2)24-22(19)28-18)26-12-10-25(11-13-26)14-15-27-17-8-6-5-7-9-17/h5-9,16H,3-4,10-15H2,1-2H3. The summed E-state index contributed by atoms with van der Waals surface area (Å²) in [6.07, 6.45) is 1.93. The maximum Gasteiger partial charge on any atom is 0.141 e. The van der Waals surface area contributed by atoms with Gasteiger partial charge in [0, 0.05) is 44.0 Å². The number of aromatic nitrogens is 2. The van der Waals surface area contributed by atoms with E-state index < -0.39 is 0 Å². The monoisotopic (exact) mass is 396 g/mol. The highest BCUT2D eigenvalue weighted by atomic mass is 32.1. The lowest BCUT2D eigenvalue weighted by molar-refractivity contribution is 0.200. The Kier molecular flexibility index (Phi) is 6.07. The number of thiophene rings is 1. The molecule has 0 radical (unpaired) electrons. The highest BCUT2D eigenvalue weighted by Gasteiger charge is 2.21. The molecule has 0 bridgehead atoms. The predicted octanol–water partition coefficient (Wildman–Crippen LogP) is 4.02. The first kappa shape index (κ1) is 19.2. The summed E-state index contributed by atoms with van der Waals surface area (Å²) in [7, 11) is 0. The van der Waals surface area contributed by atoms with Gasteiger partial charge in [-0.1, -0.05) is 32.0 Å². The van der Waals surface area contributed by atoms with E-state index in [2.05, 4.69) is 29.7 Å².